The van der Waals surface area contributed by atoms with Gasteiger partial charge >= 0.3 is 17.9 Å². The molecule has 388 valence electrons. The highest BCUT2D eigenvalue weighted by molar-refractivity contribution is 5.71. The van der Waals surface area contributed by atoms with E-state index in [1.165, 1.54) is 167 Å². The number of esters is 3. The van der Waals surface area contributed by atoms with Gasteiger partial charge in [-0.25, -0.2) is 0 Å². The lowest BCUT2D eigenvalue weighted by Gasteiger charge is -2.18. The summed E-state index contributed by atoms with van der Waals surface area (Å²) in [5.74, 6) is -0.889. The number of allylic oxidation sites excluding steroid dienone is 10. The van der Waals surface area contributed by atoms with Gasteiger partial charge in [0.2, 0.25) is 0 Å². The molecule has 0 radical (unpaired) electrons. The fourth-order valence-corrected chi connectivity index (χ4v) is 8.30. The molecule has 6 nitrogen and oxygen atoms in total. The van der Waals surface area contributed by atoms with Gasteiger partial charge in [-0.15, -0.1) is 0 Å². The number of carbonyl (C=O) groups excluding carboxylic acids is 3. The Morgan fingerprint density at radius 1 is 0.299 bits per heavy atom. The lowest BCUT2D eigenvalue weighted by Crippen LogP contribution is -2.30. The molecule has 1 atom stereocenters. The molecule has 0 aliphatic carbocycles. The Bertz CT molecular complexity index is 1210. The second-order valence-electron chi connectivity index (χ2n) is 19.3. The van der Waals surface area contributed by atoms with Crippen LogP contribution in [0.4, 0.5) is 0 Å². The highest BCUT2D eigenvalue weighted by atomic mass is 16.6. The molecule has 0 spiro atoms. The maximum atomic E-state index is 12.9. The van der Waals surface area contributed by atoms with Crippen molar-refractivity contribution < 1.29 is 28.6 Å². The molecule has 0 aromatic carbocycles. The summed E-state index contributed by atoms with van der Waals surface area (Å²) in [7, 11) is 0. The predicted molar refractivity (Wildman–Crippen MR) is 288 cm³/mol. The molecule has 0 rings (SSSR count). The van der Waals surface area contributed by atoms with Crippen molar-refractivity contribution >= 4 is 17.9 Å². The molecule has 0 aliphatic rings. The van der Waals surface area contributed by atoms with Gasteiger partial charge < -0.3 is 14.2 Å². The molecule has 6 heteroatoms. The van der Waals surface area contributed by atoms with Crippen LogP contribution in [0.3, 0.4) is 0 Å². The fraction of sp³-hybridized carbons (Fsp3) is 0.787. The minimum atomic E-state index is -0.781. The number of hydrogen-bond acceptors (Lipinski definition) is 6. The van der Waals surface area contributed by atoms with Gasteiger partial charge in [0.15, 0.2) is 6.10 Å². The Morgan fingerprint density at radius 3 is 0.896 bits per heavy atom. The standard InChI is InChI=1S/C61H108O6/c1-4-7-10-13-16-19-22-25-28-30-32-33-36-39-42-45-48-51-54-60(63)66-57-58(56-65-59(62)53-50-47-44-41-38-35-27-24-21-18-15-12-9-6-3)67-61(64)55-52-49-46-43-40-37-34-31-29-26-23-20-17-14-11-8-5-2/h10,13,16,19,22,25,28,30,32-33,58H,4-9,11-12,14-15,17-18,20-21,23-24,26-27,29,31,34-57H2,1-3H3/b13-10-,19-16-,25-22-,30-28-,33-32-. The van der Waals surface area contributed by atoms with E-state index in [0.717, 1.165) is 83.5 Å². The Balaban J connectivity index is 4.40. The van der Waals surface area contributed by atoms with Gasteiger partial charge in [-0.2, -0.15) is 0 Å². The molecule has 0 aromatic rings. The second kappa shape index (κ2) is 55.7. The first-order chi connectivity index (χ1) is 33.0. The topological polar surface area (TPSA) is 78.9 Å². The first-order valence-corrected chi connectivity index (χ1v) is 28.9. The van der Waals surface area contributed by atoms with E-state index in [1.807, 2.05) is 24.3 Å². The maximum absolute atomic E-state index is 12.9. The van der Waals surface area contributed by atoms with Crippen LogP contribution in [0.1, 0.15) is 290 Å². The molecule has 0 aliphatic heterocycles. The lowest BCUT2D eigenvalue weighted by atomic mass is 10.0. The van der Waals surface area contributed by atoms with Gasteiger partial charge in [0, 0.05) is 19.3 Å². The van der Waals surface area contributed by atoms with Gasteiger partial charge in [-0.05, 0) is 38.5 Å². The van der Waals surface area contributed by atoms with Crippen molar-refractivity contribution in [1.29, 1.82) is 0 Å². The molecular weight excluding hydrogens is 829 g/mol. The van der Waals surface area contributed by atoms with Crippen molar-refractivity contribution in [2.24, 2.45) is 0 Å². The van der Waals surface area contributed by atoms with Crippen LogP contribution in [0.15, 0.2) is 60.8 Å². The number of hydrogen-bond donors (Lipinski definition) is 0. The van der Waals surface area contributed by atoms with E-state index in [9.17, 15) is 14.4 Å². The zero-order chi connectivity index (χ0) is 48.6. The third-order valence-corrected chi connectivity index (χ3v) is 12.6. The number of rotatable bonds is 52. The molecule has 0 saturated carbocycles. The summed E-state index contributed by atoms with van der Waals surface area (Å²) in [6.07, 6.45) is 69.1. The van der Waals surface area contributed by atoms with E-state index in [-0.39, 0.29) is 31.1 Å². The van der Waals surface area contributed by atoms with E-state index in [1.54, 1.807) is 0 Å². The smallest absolute Gasteiger partial charge is 0.306 e. The SMILES string of the molecule is CCC\C=C/C=C\C=C/C=C\C=C/CCCCCCCC(=O)OCC(COC(=O)CCCCCCCCCCCCCCCC)OC(=O)CCCCCCCCCCCCCCCCCCC. The first kappa shape index (κ1) is 64.1. The third-order valence-electron chi connectivity index (χ3n) is 12.6. The van der Waals surface area contributed by atoms with E-state index in [0.29, 0.717) is 19.3 Å². The maximum Gasteiger partial charge on any atom is 0.306 e. The van der Waals surface area contributed by atoms with Gasteiger partial charge in [0.1, 0.15) is 13.2 Å². The summed E-state index contributed by atoms with van der Waals surface area (Å²) >= 11 is 0. The summed E-state index contributed by atoms with van der Waals surface area (Å²) in [5.41, 5.74) is 0. The largest absolute Gasteiger partial charge is 0.462 e. The molecule has 0 saturated heterocycles. The summed E-state index contributed by atoms with van der Waals surface area (Å²) < 4.78 is 16.9. The van der Waals surface area contributed by atoms with Crippen LogP contribution in [0, 0.1) is 0 Å². The van der Waals surface area contributed by atoms with Crippen LogP contribution in [0.2, 0.25) is 0 Å². The summed E-state index contributed by atoms with van der Waals surface area (Å²) in [4.78, 5) is 38.2. The predicted octanol–water partition coefficient (Wildman–Crippen LogP) is 19.2. The molecule has 67 heavy (non-hydrogen) atoms. The van der Waals surface area contributed by atoms with E-state index in [2.05, 4.69) is 57.2 Å². The van der Waals surface area contributed by atoms with Crippen molar-refractivity contribution in [2.75, 3.05) is 13.2 Å². The summed E-state index contributed by atoms with van der Waals surface area (Å²) in [6, 6.07) is 0. The molecule has 0 amide bonds. The van der Waals surface area contributed by atoms with Gasteiger partial charge in [-0.1, -0.05) is 293 Å². The minimum absolute atomic E-state index is 0.0786. The van der Waals surface area contributed by atoms with Crippen molar-refractivity contribution in [3.05, 3.63) is 60.8 Å². The zero-order valence-corrected chi connectivity index (χ0v) is 44.4. The quantitative estimate of drug-likeness (QED) is 0.0262. The molecule has 0 aromatic heterocycles. The lowest BCUT2D eigenvalue weighted by molar-refractivity contribution is -0.167. The molecule has 1 unspecified atom stereocenters. The second-order valence-corrected chi connectivity index (χ2v) is 19.3. The Hall–Kier alpha value is -2.89. The van der Waals surface area contributed by atoms with Gasteiger partial charge in [0.25, 0.3) is 0 Å². The van der Waals surface area contributed by atoms with E-state index >= 15 is 0 Å². The molecule has 0 bridgehead atoms. The van der Waals surface area contributed by atoms with Gasteiger partial charge in [0.05, 0.1) is 0 Å². The van der Waals surface area contributed by atoms with Crippen molar-refractivity contribution in [2.45, 2.75) is 297 Å². The number of ether oxygens (including phenoxy) is 3. The molecule has 0 N–H and O–H groups in total. The Labute approximate surface area is 415 Å². The third kappa shape index (κ3) is 53.9. The monoisotopic (exact) mass is 937 g/mol. The molecular formula is C61H108O6. The van der Waals surface area contributed by atoms with Crippen molar-refractivity contribution in [1.82, 2.24) is 0 Å². The van der Waals surface area contributed by atoms with Crippen LogP contribution in [-0.4, -0.2) is 37.2 Å². The van der Waals surface area contributed by atoms with Crippen LogP contribution < -0.4 is 0 Å². The summed E-state index contributed by atoms with van der Waals surface area (Å²) in [5, 5.41) is 0. The highest BCUT2D eigenvalue weighted by Crippen LogP contribution is 2.17. The van der Waals surface area contributed by atoms with Crippen LogP contribution >= 0.6 is 0 Å². The highest BCUT2D eigenvalue weighted by Gasteiger charge is 2.19. The average Bonchev–Trinajstić information content (AvgIpc) is 3.33. The van der Waals surface area contributed by atoms with Gasteiger partial charge in [-0.3, -0.25) is 14.4 Å². The van der Waals surface area contributed by atoms with Crippen LogP contribution in [0.25, 0.3) is 0 Å². The Kier molecular flexibility index (Phi) is 53.3. The van der Waals surface area contributed by atoms with Crippen molar-refractivity contribution in [3.63, 3.8) is 0 Å². The van der Waals surface area contributed by atoms with E-state index in [4.69, 9.17) is 14.2 Å². The Morgan fingerprint density at radius 2 is 0.567 bits per heavy atom. The minimum Gasteiger partial charge on any atom is -0.462 e. The zero-order valence-electron chi connectivity index (χ0n) is 44.4. The number of unbranched alkanes of at least 4 members (excludes halogenated alkanes) is 35. The fourth-order valence-electron chi connectivity index (χ4n) is 8.30. The molecule has 0 fully saturated rings. The normalized spacial score (nSPS) is 12.5. The van der Waals surface area contributed by atoms with E-state index < -0.39 is 6.10 Å². The summed E-state index contributed by atoms with van der Waals surface area (Å²) in [6.45, 7) is 6.57. The van der Waals surface area contributed by atoms with Crippen LogP contribution in [-0.2, 0) is 28.6 Å². The average molecular weight is 938 g/mol. The van der Waals surface area contributed by atoms with Crippen LogP contribution in [0.5, 0.6) is 0 Å². The van der Waals surface area contributed by atoms with Crippen molar-refractivity contribution in [3.8, 4) is 0 Å². The molecule has 0 heterocycles. The number of carbonyl (C=O) groups is 3. The first-order valence-electron chi connectivity index (χ1n) is 28.9.